The number of amides is 2. The minimum absolute atomic E-state index is 0.107. The number of carbonyl (C=O) groups excluding carboxylic acids is 2. The van der Waals surface area contributed by atoms with E-state index in [2.05, 4.69) is 20.6 Å². The van der Waals surface area contributed by atoms with Crippen molar-refractivity contribution in [2.75, 3.05) is 11.9 Å². The van der Waals surface area contributed by atoms with Gasteiger partial charge in [0.2, 0.25) is 11.8 Å². The van der Waals surface area contributed by atoms with Gasteiger partial charge in [0, 0.05) is 29.4 Å². The Morgan fingerprint density at radius 3 is 2.64 bits per heavy atom. The van der Waals surface area contributed by atoms with E-state index < -0.39 is 13.0 Å². The molecule has 2 N–H and O–H groups in total. The SMILES string of the molecule is Cc1cc(C(=O)NC(C)c2cnc(OCC(F)F)c(C)c2)cc(NC(=O)CCCC2CC2)n1. The van der Waals surface area contributed by atoms with Gasteiger partial charge < -0.3 is 15.4 Å². The molecule has 178 valence electrons. The quantitative estimate of drug-likeness (QED) is 0.505. The fourth-order valence-electron chi connectivity index (χ4n) is 3.50. The zero-order chi connectivity index (χ0) is 24.0. The molecule has 0 aliphatic heterocycles. The molecule has 3 rings (SSSR count). The van der Waals surface area contributed by atoms with Gasteiger partial charge in [0.05, 0.1) is 6.04 Å². The molecule has 2 aromatic rings. The fourth-order valence-corrected chi connectivity index (χ4v) is 3.50. The molecule has 2 heterocycles. The van der Waals surface area contributed by atoms with E-state index in [1.807, 2.05) is 0 Å². The number of hydrogen-bond donors (Lipinski definition) is 2. The molecule has 1 saturated carbocycles. The molecule has 2 aromatic heterocycles. The van der Waals surface area contributed by atoms with E-state index in [0.29, 0.717) is 34.6 Å². The number of hydrogen-bond acceptors (Lipinski definition) is 5. The smallest absolute Gasteiger partial charge is 0.272 e. The highest BCUT2D eigenvalue weighted by atomic mass is 19.3. The largest absolute Gasteiger partial charge is 0.471 e. The van der Waals surface area contributed by atoms with Crippen molar-refractivity contribution >= 4 is 17.6 Å². The van der Waals surface area contributed by atoms with Crippen molar-refractivity contribution in [1.82, 2.24) is 15.3 Å². The van der Waals surface area contributed by atoms with Crippen LogP contribution >= 0.6 is 0 Å². The Balaban J connectivity index is 1.59. The number of carbonyl (C=O) groups is 2. The average molecular weight is 461 g/mol. The molecular formula is C24H30F2N4O3. The van der Waals surface area contributed by atoms with Crippen LogP contribution in [0, 0.1) is 19.8 Å². The van der Waals surface area contributed by atoms with E-state index in [9.17, 15) is 18.4 Å². The van der Waals surface area contributed by atoms with Crippen molar-refractivity contribution in [1.29, 1.82) is 0 Å². The first-order valence-corrected chi connectivity index (χ1v) is 11.2. The lowest BCUT2D eigenvalue weighted by molar-refractivity contribution is -0.116. The summed E-state index contributed by atoms with van der Waals surface area (Å²) < 4.78 is 29.7. The second-order valence-electron chi connectivity index (χ2n) is 8.55. The van der Waals surface area contributed by atoms with E-state index in [-0.39, 0.29) is 23.7 Å². The zero-order valence-electron chi connectivity index (χ0n) is 19.2. The highest BCUT2D eigenvalue weighted by Gasteiger charge is 2.21. The summed E-state index contributed by atoms with van der Waals surface area (Å²) in [5, 5.41) is 5.67. The van der Waals surface area contributed by atoms with Crippen LogP contribution in [0.3, 0.4) is 0 Å². The Hall–Kier alpha value is -3.10. The van der Waals surface area contributed by atoms with Gasteiger partial charge >= 0.3 is 0 Å². The number of anilines is 1. The van der Waals surface area contributed by atoms with Crippen LogP contribution < -0.4 is 15.4 Å². The van der Waals surface area contributed by atoms with Gasteiger partial charge in [0.1, 0.15) is 5.82 Å². The molecule has 0 aromatic carbocycles. The molecule has 0 bridgehead atoms. The van der Waals surface area contributed by atoms with Gasteiger partial charge in [-0.3, -0.25) is 9.59 Å². The average Bonchev–Trinajstić information content (AvgIpc) is 3.56. The van der Waals surface area contributed by atoms with E-state index >= 15 is 0 Å². The summed E-state index contributed by atoms with van der Waals surface area (Å²) in [5.41, 5.74) is 2.30. The number of alkyl halides is 2. The molecule has 0 saturated heterocycles. The van der Waals surface area contributed by atoms with Crippen LogP contribution in [0.25, 0.3) is 0 Å². The topological polar surface area (TPSA) is 93.2 Å². The van der Waals surface area contributed by atoms with Gasteiger partial charge in [-0.25, -0.2) is 18.7 Å². The molecule has 1 unspecified atom stereocenters. The number of halogens is 2. The van der Waals surface area contributed by atoms with E-state index in [1.54, 1.807) is 39.0 Å². The summed E-state index contributed by atoms with van der Waals surface area (Å²) >= 11 is 0. The third-order valence-electron chi connectivity index (χ3n) is 5.44. The Labute approximate surface area is 192 Å². The number of nitrogens with one attached hydrogen (secondary N) is 2. The Kier molecular flexibility index (Phi) is 8.30. The van der Waals surface area contributed by atoms with Crippen molar-refractivity contribution in [2.24, 2.45) is 5.92 Å². The van der Waals surface area contributed by atoms with Crippen LogP contribution in [-0.4, -0.2) is 34.8 Å². The summed E-state index contributed by atoms with van der Waals surface area (Å²) in [6, 6.07) is 4.56. The fraction of sp³-hybridized carbons (Fsp3) is 0.500. The highest BCUT2D eigenvalue weighted by Crippen LogP contribution is 2.33. The molecule has 9 heteroatoms. The number of rotatable bonds is 11. The lowest BCUT2D eigenvalue weighted by atomic mass is 10.1. The molecule has 0 spiro atoms. The molecule has 7 nitrogen and oxygen atoms in total. The number of ether oxygens (including phenoxy) is 1. The van der Waals surface area contributed by atoms with Crippen molar-refractivity contribution in [3.8, 4) is 5.88 Å². The zero-order valence-corrected chi connectivity index (χ0v) is 19.2. The van der Waals surface area contributed by atoms with Crippen molar-refractivity contribution < 1.29 is 23.1 Å². The van der Waals surface area contributed by atoms with Gasteiger partial charge in [-0.1, -0.05) is 12.8 Å². The Morgan fingerprint density at radius 1 is 1.21 bits per heavy atom. The van der Waals surface area contributed by atoms with Crippen LogP contribution in [0.1, 0.15) is 72.2 Å². The first-order chi connectivity index (χ1) is 15.7. The predicted molar refractivity (Wildman–Crippen MR) is 121 cm³/mol. The Bertz CT molecular complexity index is 996. The van der Waals surface area contributed by atoms with Crippen molar-refractivity contribution in [3.05, 3.63) is 46.8 Å². The second kappa shape index (κ2) is 11.2. The number of aryl methyl sites for hydroxylation is 2. The minimum Gasteiger partial charge on any atom is -0.471 e. The summed E-state index contributed by atoms with van der Waals surface area (Å²) in [4.78, 5) is 33.4. The monoisotopic (exact) mass is 460 g/mol. The lowest BCUT2D eigenvalue weighted by Crippen LogP contribution is -2.27. The van der Waals surface area contributed by atoms with Crippen LogP contribution in [0.2, 0.25) is 0 Å². The van der Waals surface area contributed by atoms with Gasteiger partial charge in [0.25, 0.3) is 12.3 Å². The Morgan fingerprint density at radius 2 is 1.97 bits per heavy atom. The van der Waals surface area contributed by atoms with E-state index in [0.717, 1.165) is 18.8 Å². The molecule has 33 heavy (non-hydrogen) atoms. The molecule has 1 fully saturated rings. The first kappa shape index (κ1) is 24.5. The van der Waals surface area contributed by atoms with E-state index in [4.69, 9.17) is 4.74 Å². The first-order valence-electron chi connectivity index (χ1n) is 11.2. The third-order valence-corrected chi connectivity index (χ3v) is 5.44. The molecular weight excluding hydrogens is 430 g/mol. The van der Waals surface area contributed by atoms with Gasteiger partial charge in [-0.15, -0.1) is 0 Å². The molecule has 1 aliphatic rings. The third kappa shape index (κ3) is 7.76. The standard InChI is InChI=1S/C24H30F2N4O3/c1-14-9-19(12-27-24(14)33-13-20(25)26)16(3)29-23(32)18-10-15(2)28-21(11-18)30-22(31)6-4-5-17-7-8-17/h9-12,16-17,20H,4-8,13H2,1-3H3,(H,29,32)(H,28,30,31). The summed E-state index contributed by atoms with van der Waals surface area (Å²) in [6.45, 7) is 4.54. The van der Waals surface area contributed by atoms with E-state index in [1.165, 1.54) is 19.0 Å². The normalized spacial score (nSPS) is 14.1. The van der Waals surface area contributed by atoms with Crippen LogP contribution in [0.5, 0.6) is 5.88 Å². The summed E-state index contributed by atoms with van der Waals surface area (Å²) in [7, 11) is 0. The van der Waals surface area contributed by atoms with Gasteiger partial charge in [-0.05, 0) is 63.3 Å². The maximum atomic E-state index is 12.8. The predicted octanol–water partition coefficient (Wildman–Crippen LogP) is 4.75. The van der Waals surface area contributed by atoms with Crippen molar-refractivity contribution in [3.63, 3.8) is 0 Å². The van der Waals surface area contributed by atoms with Crippen LogP contribution in [0.4, 0.5) is 14.6 Å². The maximum absolute atomic E-state index is 12.8. The molecule has 2 amide bonds. The number of pyridine rings is 2. The number of aromatic nitrogens is 2. The second-order valence-corrected chi connectivity index (χ2v) is 8.55. The van der Waals surface area contributed by atoms with Crippen LogP contribution in [-0.2, 0) is 4.79 Å². The highest BCUT2D eigenvalue weighted by molar-refractivity contribution is 5.96. The van der Waals surface area contributed by atoms with Gasteiger partial charge in [0.15, 0.2) is 6.61 Å². The summed E-state index contributed by atoms with van der Waals surface area (Å²) in [6.07, 6.45) is 3.82. The molecule has 1 atom stereocenters. The molecule has 0 radical (unpaired) electrons. The molecule has 1 aliphatic carbocycles. The van der Waals surface area contributed by atoms with Gasteiger partial charge in [-0.2, -0.15) is 0 Å². The van der Waals surface area contributed by atoms with Crippen LogP contribution in [0.15, 0.2) is 24.4 Å². The maximum Gasteiger partial charge on any atom is 0.272 e. The lowest BCUT2D eigenvalue weighted by Gasteiger charge is -2.16. The summed E-state index contributed by atoms with van der Waals surface area (Å²) in [5.74, 6) is 0.840. The van der Waals surface area contributed by atoms with Crippen molar-refractivity contribution in [2.45, 2.75) is 65.3 Å². The number of nitrogens with zero attached hydrogens (tertiary/aromatic N) is 2. The minimum atomic E-state index is -2.58.